The van der Waals surface area contributed by atoms with Crippen molar-refractivity contribution in [2.24, 2.45) is 19.8 Å². The van der Waals surface area contributed by atoms with Crippen LogP contribution in [-0.4, -0.2) is 34.8 Å². The number of hydrogen-bond acceptors (Lipinski definition) is 5. The van der Waals surface area contributed by atoms with Gasteiger partial charge in [0, 0.05) is 48.6 Å². The van der Waals surface area contributed by atoms with Crippen molar-refractivity contribution in [2.75, 3.05) is 0 Å². The second kappa shape index (κ2) is 8.27. The predicted octanol–water partition coefficient (Wildman–Crippen LogP) is 3.75. The second-order valence-corrected chi connectivity index (χ2v) is 9.10. The van der Waals surface area contributed by atoms with Crippen molar-refractivity contribution in [3.8, 4) is 28.1 Å². The van der Waals surface area contributed by atoms with E-state index in [1.54, 1.807) is 58.4 Å². The third kappa shape index (κ3) is 3.59. The molecular formula is C28H23N7O2. The Labute approximate surface area is 211 Å². The van der Waals surface area contributed by atoms with E-state index in [-0.39, 0.29) is 5.69 Å². The lowest BCUT2D eigenvalue weighted by Crippen LogP contribution is -2.21. The van der Waals surface area contributed by atoms with Gasteiger partial charge < -0.3 is 5.73 Å². The van der Waals surface area contributed by atoms with Gasteiger partial charge in [-0.3, -0.25) is 28.6 Å². The monoisotopic (exact) mass is 489 g/mol. The molecule has 37 heavy (non-hydrogen) atoms. The summed E-state index contributed by atoms with van der Waals surface area (Å²) in [6.45, 7) is 1.81. The average molecular weight is 490 g/mol. The molecule has 4 heterocycles. The molecule has 0 unspecified atom stereocenters. The van der Waals surface area contributed by atoms with Gasteiger partial charge in [0.05, 0.1) is 40.3 Å². The lowest BCUT2D eigenvalue weighted by molar-refractivity contribution is 0.0999. The van der Waals surface area contributed by atoms with Crippen molar-refractivity contribution < 1.29 is 4.79 Å². The number of pyridine rings is 2. The Morgan fingerprint density at radius 2 is 1.70 bits per heavy atom. The van der Waals surface area contributed by atoms with Crippen LogP contribution in [0.4, 0.5) is 0 Å². The molecule has 0 saturated carbocycles. The number of carbonyl (C=O) groups is 1. The number of carbonyl (C=O) groups excluding carboxylic acids is 1. The van der Waals surface area contributed by atoms with E-state index in [4.69, 9.17) is 5.73 Å². The molecule has 4 aromatic heterocycles. The van der Waals surface area contributed by atoms with E-state index >= 15 is 0 Å². The second-order valence-electron chi connectivity index (χ2n) is 9.10. The van der Waals surface area contributed by atoms with E-state index in [1.807, 2.05) is 49.8 Å². The van der Waals surface area contributed by atoms with Gasteiger partial charge in [-0.2, -0.15) is 5.10 Å². The minimum Gasteiger partial charge on any atom is -0.366 e. The molecule has 1 amide bonds. The molecule has 0 aliphatic carbocycles. The highest BCUT2D eigenvalue weighted by molar-refractivity contribution is 6.04. The molecule has 0 aliphatic rings. The molecule has 2 aromatic carbocycles. The summed E-state index contributed by atoms with van der Waals surface area (Å²) in [5.74, 6) is -0.503. The molecule has 0 radical (unpaired) electrons. The summed E-state index contributed by atoms with van der Waals surface area (Å²) in [7, 11) is 3.60. The van der Waals surface area contributed by atoms with Crippen LogP contribution in [0.1, 0.15) is 15.9 Å². The van der Waals surface area contributed by atoms with E-state index in [0.717, 1.165) is 38.8 Å². The van der Waals surface area contributed by atoms with E-state index in [1.165, 1.54) is 0 Å². The molecule has 0 fully saturated rings. The summed E-state index contributed by atoms with van der Waals surface area (Å²) >= 11 is 0. The van der Waals surface area contributed by atoms with Crippen LogP contribution in [0.5, 0.6) is 0 Å². The van der Waals surface area contributed by atoms with Crippen LogP contribution in [0.15, 0.2) is 78.1 Å². The van der Waals surface area contributed by atoms with Gasteiger partial charge in [0.15, 0.2) is 0 Å². The van der Waals surface area contributed by atoms with Crippen molar-refractivity contribution in [1.29, 1.82) is 0 Å². The zero-order valence-electron chi connectivity index (χ0n) is 20.5. The summed E-state index contributed by atoms with van der Waals surface area (Å²) in [5, 5.41) is 5.05. The quantitative estimate of drug-likeness (QED) is 0.405. The standard InChI is InChI=1S/C28H23N7O2/c1-16-10-20(6-7-21(16)27(29)36)35-26-22-11-17(4-9-24(22)31-14-25(26)34(3)28(35)37)18-5-8-23(30-12-18)19-13-32-33(2)15-19/h4-15H,1-3H3,(H2,29,36). The van der Waals surface area contributed by atoms with Gasteiger partial charge in [-0.05, 0) is 54.4 Å². The van der Waals surface area contributed by atoms with Crippen LogP contribution in [0, 0.1) is 6.92 Å². The number of primary amides is 1. The SMILES string of the molecule is Cc1cc(-n2c(=O)n(C)c3cnc4ccc(-c5ccc(-c6cnn(C)c6)nc5)cc4c32)ccc1C(N)=O. The average Bonchev–Trinajstić information content (AvgIpc) is 3.44. The van der Waals surface area contributed by atoms with Crippen molar-refractivity contribution >= 4 is 27.8 Å². The van der Waals surface area contributed by atoms with E-state index in [2.05, 4.69) is 15.1 Å². The number of aromatic nitrogens is 6. The molecule has 6 aromatic rings. The Morgan fingerprint density at radius 1 is 0.892 bits per heavy atom. The number of fused-ring (bicyclic) bond motifs is 3. The summed E-state index contributed by atoms with van der Waals surface area (Å²) in [4.78, 5) is 34.4. The molecule has 0 atom stereocenters. The molecule has 9 heteroatoms. The van der Waals surface area contributed by atoms with Crippen LogP contribution in [0.25, 0.3) is 50.0 Å². The van der Waals surface area contributed by atoms with Crippen LogP contribution >= 0.6 is 0 Å². The normalized spacial score (nSPS) is 11.4. The fraction of sp³-hybridized carbons (Fsp3) is 0.107. The highest BCUT2D eigenvalue weighted by Gasteiger charge is 2.18. The summed E-state index contributed by atoms with van der Waals surface area (Å²) in [6.07, 6.45) is 7.25. The van der Waals surface area contributed by atoms with Crippen LogP contribution < -0.4 is 11.4 Å². The number of nitrogens with zero attached hydrogens (tertiary/aromatic N) is 6. The number of rotatable bonds is 4. The van der Waals surface area contributed by atoms with Crippen LogP contribution in [0.2, 0.25) is 0 Å². The number of hydrogen-bond donors (Lipinski definition) is 1. The lowest BCUT2D eigenvalue weighted by atomic mass is 10.0. The fourth-order valence-corrected chi connectivity index (χ4v) is 4.77. The maximum absolute atomic E-state index is 13.4. The number of imidazole rings is 1. The molecule has 182 valence electrons. The Hall–Kier alpha value is -5.05. The minimum atomic E-state index is -0.503. The molecule has 0 spiro atoms. The zero-order chi connectivity index (χ0) is 25.8. The lowest BCUT2D eigenvalue weighted by Gasteiger charge is -2.10. The largest absolute Gasteiger partial charge is 0.366 e. The number of benzene rings is 2. The van der Waals surface area contributed by atoms with Crippen LogP contribution in [0.3, 0.4) is 0 Å². The summed E-state index contributed by atoms with van der Waals surface area (Å²) < 4.78 is 4.98. The Bertz CT molecular complexity index is 1910. The molecule has 0 saturated heterocycles. The summed E-state index contributed by atoms with van der Waals surface area (Å²) in [5.41, 5.74) is 13.0. The fourth-order valence-electron chi connectivity index (χ4n) is 4.77. The van der Waals surface area contributed by atoms with Crippen molar-refractivity contribution in [2.45, 2.75) is 6.92 Å². The Kier molecular flexibility index (Phi) is 5.01. The maximum Gasteiger partial charge on any atom is 0.333 e. The van der Waals surface area contributed by atoms with Gasteiger partial charge in [0.25, 0.3) is 0 Å². The smallest absolute Gasteiger partial charge is 0.333 e. The van der Waals surface area contributed by atoms with Gasteiger partial charge >= 0.3 is 5.69 Å². The highest BCUT2D eigenvalue weighted by Crippen LogP contribution is 2.30. The molecule has 2 N–H and O–H groups in total. The Morgan fingerprint density at radius 3 is 2.38 bits per heavy atom. The van der Waals surface area contributed by atoms with Gasteiger partial charge in [0.2, 0.25) is 5.91 Å². The van der Waals surface area contributed by atoms with Crippen molar-refractivity contribution in [1.82, 2.24) is 28.9 Å². The first-order valence-electron chi connectivity index (χ1n) is 11.7. The van der Waals surface area contributed by atoms with E-state index in [9.17, 15) is 9.59 Å². The molecule has 6 rings (SSSR count). The molecule has 0 aliphatic heterocycles. The number of amides is 1. The first-order chi connectivity index (χ1) is 17.8. The molecular weight excluding hydrogens is 466 g/mol. The highest BCUT2D eigenvalue weighted by atomic mass is 16.2. The molecule has 9 nitrogen and oxygen atoms in total. The van der Waals surface area contributed by atoms with Gasteiger partial charge in [-0.25, -0.2) is 4.79 Å². The summed E-state index contributed by atoms with van der Waals surface area (Å²) in [6, 6.07) is 15.2. The van der Waals surface area contributed by atoms with E-state index in [0.29, 0.717) is 22.3 Å². The van der Waals surface area contributed by atoms with Crippen LogP contribution in [-0.2, 0) is 14.1 Å². The van der Waals surface area contributed by atoms with Gasteiger partial charge in [0.1, 0.15) is 0 Å². The maximum atomic E-state index is 13.4. The van der Waals surface area contributed by atoms with Crippen molar-refractivity contribution in [3.63, 3.8) is 0 Å². The van der Waals surface area contributed by atoms with Gasteiger partial charge in [-0.1, -0.05) is 12.1 Å². The van der Waals surface area contributed by atoms with E-state index < -0.39 is 5.91 Å². The van der Waals surface area contributed by atoms with Crippen molar-refractivity contribution in [3.05, 3.63) is 94.9 Å². The third-order valence-electron chi connectivity index (χ3n) is 6.71. The topological polar surface area (TPSA) is 114 Å². The zero-order valence-corrected chi connectivity index (χ0v) is 20.5. The minimum absolute atomic E-state index is 0.205. The first kappa shape index (κ1) is 22.4. The Balaban J connectivity index is 1.54. The number of nitrogens with two attached hydrogens (primary N) is 1. The molecule has 0 bridgehead atoms. The third-order valence-corrected chi connectivity index (χ3v) is 6.71. The predicted molar refractivity (Wildman–Crippen MR) is 143 cm³/mol. The van der Waals surface area contributed by atoms with Gasteiger partial charge in [-0.15, -0.1) is 0 Å². The number of aryl methyl sites for hydroxylation is 3. The first-order valence-corrected chi connectivity index (χ1v) is 11.7.